The second kappa shape index (κ2) is 3.72. The zero-order valence-corrected chi connectivity index (χ0v) is 8.27. The molecule has 2 aliphatic rings. The predicted octanol–water partition coefficient (Wildman–Crippen LogP) is 0.772. The van der Waals surface area contributed by atoms with Gasteiger partial charge in [-0.2, -0.15) is 0 Å². The first-order chi connectivity index (χ1) is 5.72. The highest BCUT2D eigenvalue weighted by Crippen LogP contribution is 2.38. The number of nitrogens with zero attached hydrogens (tertiary/aromatic N) is 1. The van der Waals surface area contributed by atoms with Crippen molar-refractivity contribution in [3.63, 3.8) is 0 Å². The van der Waals surface area contributed by atoms with Gasteiger partial charge in [-0.15, -0.1) is 12.4 Å². The summed E-state index contributed by atoms with van der Waals surface area (Å²) in [6.45, 7) is 3.61. The van der Waals surface area contributed by atoms with Crippen LogP contribution in [0.1, 0.15) is 12.8 Å². The van der Waals surface area contributed by atoms with Gasteiger partial charge < -0.3 is 15.3 Å². The summed E-state index contributed by atoms with van der Waals surface area (Å²) in [6.07, 6.45) is 1.51. The molecule has 1 amide bonds. The van der Waals surface area contributed by atoms with Crippen LogP contribution in [0.5, 0.6) is 0 Å². The lowest BCUT2D eigenvalue weighted by Crippen LogP contribution is -2.61. The minimum absolute atomic E-state index is 0. The Morgan fingerprint density at radius 2 is 1.85 bits per heavy atom. The van der Waals surface area contributed by atoms with Crippen LogP contribution in [-0.4, -0.2) is 42.3 Å². The van der Waals surface area contributed by atoms with Crippen LogP contribution >= 0.6 is 12.4 Å². The fourth-order valence-electron chi connectivity index (χ4n) is 2.17. The van der Waals surface area contributed by atoms with Crippen LogP contribution in [0, 0.1) is 5.41 Å². The average molecular weight is 207 g/mol. The SMILES string of the molecule is Cl.O=C(O)N1CC2(CCNCC2)C1. The zero-order valence-electron chi connectivity index (χ0n) is 7.45. The topological polar surface area (TPSA) is 52.6 Å². The van der Waals surface area contributed by atoms with Crippen molar-refractivity contribution in [3.8, 4) is 0 Å². The highest BCUT2D eigenvalue weighted by atomic mass is 35.5. The maximum Gasteiger partial charge on any atom is 0.407 e. The van der Waals surface area contributed by atoms with Gasteiger partial charge in [0, 0.05) is 18.5 Å². The molecule has 2 saturated heterocycles. The van der Waals surface area contributed by atoms with E-state index in [0.29, 0.717) is 5.41 Å². The number of hydrogen-bond acceptors (Lipinski definition) is 2. The largest absolute Gasteiger partial charge is 0.465 e. The molecule has 4 nitrogen and oxygen atoms in total. The quantitative estimate of drug-likeness (QED) is 0.616. The Labute approximate surface area is 83.7 Å². The normalized spacial score (nSPS) is 24.8. The molecule has 0 atom stereocenters. The van der Waals surface area contributed by atoms with Crippen molar-refractivity contribution in [2.24, 2.45) is 5.41 Å². The molecule has 0 bridgehead atoms. The molecule has 2 rings (SSSR count). The highest BCUT2D eigenvalue weighted by Gasteiger charge is 2.45. The van der Waals surface area contributed by atoms with E-state index in [1.807, 2.05) is 0 Å². The molecule has 2 N–H and O–H groups in total. The van der Waals surface area contributed by atoms with E-state index in [9.17, 15) is 4.79 Å². The molecule has 2 heterocycles. The third-order valence-electron chi connectivity index (χ3n) is 2.99. The van der Waals surface area contributed by atoms with Crippen LogP contribution in [0.3, 0.4) is 0 Å². The Kier molecular flexibility index (Phi) is 3.03. The fourth-order valence-corrected chi connectivity index (χ4v) is 2.17. The number of likely N-dealkylation sites (tertiary alicyclic amines) is 1. The van der Waals surface area contributed by atoms with Gasteiger partial charge in [0.2, 0.25) is 0 Å². The van der Waals surface area contributed by atoms with E-state index >= 15 is 0 Å². The Balaban J connectivity index is 0.000000845. The molecule has 2 fully saturated rings. The number of carboxylic acid groups (broad SMARTS) is 1. The number of nitrogens with one attached hydrogen (secondary N) is 1. The second-order valence-electron chi connectivity index (χ2n) is 3.89. The molecule has 0 unspecified atom stereocenters. The summed E-state index contributed by atoms with van der Waals surface area (Å²) in [5.41, 5.74) is 0.337. The average Bonchev–Trinajstić information content (AvgIpc) is 2.01. The summed E-state index contributed by atoms with van der Waals surface area (Å²) in [4.78, 5) is 12.0. The summed E-state index contributed by atoms with van der Waals surface area (Å²) in [6, 6.07) is 0. The Hall–Kier alpha value is -0.480. The molecule has 0 aromatic heterocycles. The van der Waals surface area contributed by atoms with E-state index in [2.05, 4.69) is 5.32 Å². The van der Waals surface area contributed by atoms with Crippen LogP contribution in [0.25, 0.3) is 0 Å². The molecule has 0 aromatic rings. The summed E-state index contributed by atoms with van der Waals surface area (Å²) in [5, 5.41) is 11.9. The predicted molar refractivity (Wildman–Crippen MR) is 51.4 cm³/mol. The lowest BCUT2D eigenvalue weighted by atomic mass is 9.73. The summed E-state index contributed by atoms with van der Waals surface area (Å²) in [7, 11) is 0. The highest BCUT2D eigenvalue weighted by molar-refractivity contribution is 5.85. The van der Waals surface area contributed by atoms with Gasteiger partial charge in [-0.3, -0.25) is 0 Å². The number of hydrogen-bond donors (Lipinski definition) is 2. The van der Waals surface area contributed by atoms with Crippen LogP contribution in [0.15, 0.2) is 0 Å². The molecule has 0 saturated carbocycles. The van der Waals surface area contributed by atoms with E-state index in [1.54, 1.807) is 0 Å². The molecule has 76 valence electrons. The van der Waals surface area contributed by atoms with E-state index in [-0.39, 0.29) is 12.4 Å². The molecule has 2 aliphatic heterocycles. The van der Waals surface area contributed by atoms with Crippen LogP contribution in [0.2, 0.25) is 0 Å². The maximum atomic E-state index is 10.5. The molecule has 0 aromatic carbocycles. The van der Waals surface area contributed by atoms with Crippen molar-refractivity contribution in [1.29, 1.82) is 0 Å². The van der Waals surface area contributed by atoms with Crippen molar-refractivity contribution >= 4 is 18.5 Å². The van der Waals surface area contributed by atoms with Gasteiger partial charge in [0.1, 0.15) is 0 Å². The second-order valence-corrected chi connectivity index (χ2v) is 3.89. The standard InChI is InChI=1S/C8H14N2O2.ClH/c11-7(12)10-5-8(6-10)1-3-9-4-2-8;/h9H,1-6H2,(H,11,12);1H. The van der Waals surface area contributed by atoms with Crippen molar-refractivity contribution in [2.75, 3.05) is 26.2 Å². The first kappa shape index (κ1) is 10.6. The Morgan fingerprint density at radius 3 is 2.31 bits per heavy atom. The maximum absolute atomic E-state index is 10.5. The van der Waals surface area contributed by atoms with Gasteiger partial charge in [-0.1, -0.05) is 0 Å². The van der Waals surface area contributed by atoms with Gasteiger partial charge in [-0.05, 0) is 25.9 Å². The van der Waals surface area contributed by atoms with E-state index in [4.69, 9.17) is 5.11 Å². The number of piperidine rings is 1. The third kappa shape index (κ3) is 1.89. The minimum atomic E-state index is -0.765. The Bertz CT molecular complexity index is 196. The Morgan fingerprint density at radius 1 is 1.31 bits per heavy atom. The van der Waals surface area contributed by atoms with Crippen molar-refractivity contribution < 1.29 is 9.90 Å². The minimum Gasteiger partial charge on any atom is -0.465 e. The van der Waals surface area contributed by atoms with Gasteiger partial charge >= 0.3 is 6.09 Å². The van der Waals surface area contributed by atoms with E-state index in [1.165, 1.54) is 4.90 Å². The van der Waals surface area contributed by atoms with Gasteiger partial charge in [0.15, 0.2) is 0 Å². The number of carbonyl (C=O) groups is 1. The monoisotopic (exact) mass is 206 g/mol. The van der Waals surface area contributed by atoms with Gasteiger partial charge in [0.25, 0.3) is 0 Å². The number of rotatable bonds is 0. The smallest absolute Gasteiger partial charge is 0.407 e. The van der Waals surface area contributed by atoms with Crippen LogP contribution in [-0.2, 0) is 0 Å². The summed E-state index contributed by atoms with van der Waals surface area (Å²) >= 11 is 0. The van der Waals surface area contributed by atoms with E-state index in [0.717, 1.165) is 39.0 Å². The summed E-state index contributed by atoms with van der Waals surface area (Å²) < 4.78 is 0. The lowest BCUT2D eigenvalue weighted by molar-refractivity contribution is -0.0104. The van der Waals surface area contributed by atoms with Crippen molar-refractivity contribution in [2.45, 2.75) is 12.8 Å². The van der Waals surface area contributed by atoms with Crippen molar-refractivity contribution in [3.05, 3.63) is 0 Å². The van der Waals surface area contributed by atoms with E-state index < -0.39 is 6.09 Å². The molecule has 1 spiro atoms. The molecule has 5 heteroatoms. The fraction of sp³-hybridized carbons (Fsp3) is 0.875. The summed E-state index contributed by atoms with van der Waals surface area (Å²) in [5.74, 6) is 0. The zero-order chi connectivity index (χ0) is 8.60. The first-order valence-corrected chi connectivity index (χ1v) is 4.41. The van der Waals surface area contributed by atoms with Gasteiger partial charge in [0.05, 0.1) is 0 Å². The molecular formula is C8H15ClN2O2. The molecule has 13 heavy (non-hydrogen) atoms. The number of halogens is 1. The molecular weight excluding hydrogens is 192 g/mol. The first-order valence-electron chi connectivity index (χ1n) is 4.41. The lowest BCUT2D eigenvalue weighted by Gasteiger charge is -2.51. The van der Waals surface area contributed by atoms with Crippen LogP contribution < -0.4 is 5.32 Å². The van der Waals surface area contributed by atoms with Gasteiger partial charge in [-0.25, -0.2) is 4.79 Å². The van der Waals surface area contributed by atoms with Crippen LogP contribution in [0.4, 0.5) is 4.79 Å². The number of amides is 1. The molecule has 0 radical (unpaired) electrons. The third-order valence-corrected chi connectivity index (χ3v) is 2.99. The van der Waals surface area contributed by atoms with Crippen molar-refractivity contribution in [1.82, 2.24) is 10.2 Å². The molecule has 0 aliphatic carbocycles.